The Morgan fingerprint density at radius 1 is 1.38 bits per heavy atom. The van der Waals surface area contributed by atoms with Gasteiger partial charge in [-0.25, -0.2) is 8.78 Å². The molecule has 3 atom stereocenters. The molecular weight excluding hydrogens is 388 g/mol. The van der Waals surface area contributed by atoms with E-state index >= 15 is 0 Å². The number of carbonyl (C=O) groups is 2. The molecule has 1 unspecified atom stereocenters. The van der Waals surface area contributed by atoms with E-state index in [1.165, 1.54) is 22.1 Å². The van der Waals surface area contributed by atoms with Gasteiger partial charge in [0.15, 0.2) is 12.0 Å². The molecule has 1 aromatic carbocycles. The first-order valence-corrected chi connectivity index (χ1v) is 9.04. The molecule has 2 fully saturated rings. The van der Waals surface area contributed by atoms with Crippen LogP contribution in [0.2, 0.25) is 0 Å². The van der Waals surface area contributed by atoms with Gasteiger partial charge in [0.2, 0.25) is 0 Å². The fourth-order valence-corrected chi connectivity index (χ4v) is 3.69. The zero-order valence-electron chi connectivity index (χ0n) is 15.4. The number of carbonyl (C=O) groups excluding carboxylic acids is 2. The standard InChI is InChI=1S/C19H19F2N3O5/c1-9-8-29-14-7-23-6-12(16(25)17(26)15(23)19(28)24(9)14)18(27)22-5-10-2-3-11(20)4-13(10)21/h2-4,6,9,14,16,25-26H,5,7-8H2,1H3,(H,22,27)/t9-,14+,16?/m0/s1. The summed E-state index contributed by atoms with van der Waals surface area (Å²) in [5.41, 5.74) is -0.253. The van der Waals surface area contributed by atoms with Crippen LogP contribution in [0.25, 0.3) is 0 Å². The molecule has 3 N–H and O–H groups in total. The number of halogens is 2. The normalized spacial score (nSPS) is 26.3. The molecule has 29 heavy (non-hydrogen) atoms. The van der Waals surface area contributed by atoms with Gasteiger partial charge in [-0.3, -0.25) is 9.59 Å². The zero-order chi connectivity index (χ0) is 20.9. The van der Waals surface area contributed by atoms with Gasteiger partial charge < -0.3 is 30.1 Å². The highest BCUT2D eigenvalue weighted by Crippen LogP contribution is 2.33. The van der Waals surface area contributed by atoms with Gasteiger partial charge in [-0.05, 0) is 13.0 Å². The lowest BCUT2D eigenvalue weighted by Crippen LogP contribution is -2.55. The Morgan fingerprint density at radius 3 is 2.86 bits per heavy atom. The molecule has 2 saturated heterocycles. The number of nitrogens with one attached hydrogen (secondary N) is 1. The van der Waals surface area contributed by atoms with Crippen LogP contribution in [0.4, 0.5) is 8.78 Å². The molecule has 3 aliphatic heterocycles. The van der Waals surface area contributed by atoms with Crippen molar-refractivity contribution in [2.75, 3.05) is 13.2 Å². The second-order valence-electron chi connectivity index (χ2n) is 7.14. The van der Waals surface area contributed by atoms with Crippen LogP contribution in [0, 0.1) is 11.6 Å². The first-order chi connectivity index (χ1) is 13.8. The van der Waals surface area contributed by atoms with Crippen molar-refractivity contribution in [3.63, 3.8) is 0 Å². The Kier molecular flexibility index (Phi) is 4.75. The van der Waals surface area contributed by atoms with E-state index in [-0.39, 0.29) is 36.0 Å². The van der Waals surface area contributed by atoms with E-state index in [2.05, 4.69) is 5.32 Å². The number of nitrogens with zero attached hydrogens (tertiary/aromatic N) is 2. The van der Waals surface area contributed by atoms with Crippen molar-refractivity contribution in [1.82, 2.24) is 15.1 Å². The van der Waals surface area contributed by atoms with Crippen LogP contribution in [0.1, 0.15) is 12.5 Å². The summed E-state index contributed by atoms with van der Waals surface area (Å²) < 4.78 is 32.3. The molecule has 8 nitrogen and oxygen atoms in total. The summed E-state index contributed by atoms with van der Waals surface area (Å²) in [6.45, 7) is 2.10. The lowest BCUT2D eigenvalue weighted by molar-refractivity contribution is -0.141. The average Bonchev–Trinajstić information content (AvgIpc) is 3.04. The summed E-state index contributed by atoms with van der Waals surface area (Å²) in [6.07, 6.45) is -0.964. The van der Waals surface area contributed by atoms with Gasteiger partial charge in [0.25, 0.3) is 11.8 Å². The van der Waals surface area contributed by atoms with E-state index in [0.29, 0.717) is 12.7 Å². The Balaban J connectivity index is 1.53. The highest BCUT2D eigenvalue weighted by molar-refractivity contribution is 5.99. The van der Waals surface area contributed by atoms with Gasteiger partial charge in [0, 0.05) is 24.4 Å². The highest BCUT2D eigenvalue weighted by atomic mass is 19.1. The summed E-state index contributed by atoms with van der Waals surface area (Å²) in [7, 11) is 0. The second-order valence-corrected chi connectivity index (χ2v) is 7.14. The number of hydrogen-bond acceptors (Lipinski definition) is 6. The number of rotatable bonds is 3. The Labute approximate surface area is 164 Å². The van der Waals surface area contributed by atoms with Crippen LogP contribution >= 0.6 is 0 Å². The number of aliphatic hydroxyl groups is 2. The lowest BCUT2D eigenvalue weighted by Gasteiger charge is -2.41. The van der Waals surface area contributed by atoms with Gasteiger partial charge in [-0.15, -0.1) is 0 Å². The van der Waals surface area contributed by atoms with Crippen LogP contribution in [0.3, 0.4) is 0 Å². The molecule has 0 spiro atoms. The number of benzene rings is 1. The highest BCUT2D eigenvalue weighted by Gasteiger charge is 2.47. The molecular formula is C19H19F2N3O5. The van der Waals surface area contributed by atoms with E-state index in [1.54, 1.807) is 0 Å². The third kappa shape index (κ3) is 3.23. The minimum absolute atomic E-state index is 0.0586. The first kappa shape index (κ1) is 19.3. The lowest BCUT2D eigenvalue weighted by atomic mass is 10.00. The molecule has 1 aromatic rings. The largest absolute Gasteiger partial charge is 0.507 e. The van der Waals surface area contributed by atoms with Crippen molar-refractivity contribution in [3.05, 3.63) is 58.6 Å². The SMILES string of the molecule is C[C@H]1CO[C@@H]2CN3C=C(C(=O)NCc4ccc(F)cc4F)C(O)C(O)=C3C(=O)N12. The third-order valence-electron chi connectivity index (χ3n) is 5.20. The van der Waals surface area contributed by atoms with Gasteiger partial charge in [0.1, 0.15) is 23.4 Å². The Hall–Kier alpha value is -2.98. The maximum absolute atomic E-state index is 13.7. The van der Waals surface area contributed by atoms with Crippen molar-refractivity contribution in [3.8, 4) is 0 Å². The molecule has 0 saturated carbocycles. The minimum Gasteiger partial charge on any atom is -0.507 e. The van der Waals surface area contributed by atoms with E-state index in [1.807, 2.05) is 6.92 Å². The number of ether oxygens (including phenoxy) is 1. The predicted molar refractivity (Wildman–Crippen MR) is 94.7 cm³/mol. The molecule has 0 aliphatic carbocycles. The van der Waals surface area contributed by atoms with Gasteiger partial charge in [-0.1, -0.05) is 6.07 Å². The molecule has 2 amide bonds. The summed E-state index contributed by atoms with van der Waals surface area (Å²) in [4.78, 5) is 28.1. The van der Waals surface area contributed by atoms with Gasteiger partial charge >= 0.3 is 0 Å². The van der Waals surface area contributed by atoms with Crippen molar-refractivity contribution in [2.45, 2.75) is 31.8 Å². The summed E-state index contributed by atoms with van der Waals surface area (Å²) >= 11 is 0. The summed E-state index contributed by atoms with van der Waals surface area (Å²) in [5, 5.41) is 23.2. The summed E-state index contributed by atoms with van der Waals surface area (Å²) in [6, 6.07) is 2.78. The second kappa shape index (κ2) is 7.12. The molecule has 0 aromatic heterocycles. The first-order valence-electron chi connectivity index (χ1n) is 9.04. The van der Waals surface area contributed by atoms with Crippen LogP contribution in [-0.4, -0.2) is 63.4 Å². The Morgan fingerprint density at radius 2 is 2.14 bits per heavy atom. The van der Waals surface area contributed by atoms with Crippen LogP contribution < -0.4 is 5.32 Å². The van der Waals surface area contributed by atoms with Crippen molar-refractivity contribution in [2.24, 2.45) is 0 Å². The van der Waals surface area contributed by atoms with Crippen molar-refractivity contribution < 1.29 is 33.3 Å². The van der Waals surface area contributed by atoms with Crippen LogP contribution in [-0.2, 0) is 20.9 Å². The maximum atomic E-state index is 13.7. The quantitative estimate of drug-likeness (QED) is 0.675. The molecule has 154 valence electrons. The topological polar surface area (TPSA) is 102 Å². The molecule has 0 radical (unpaired) electrons. The minimum atomic E-state index is -1.71. The third-order valence-corrected chi connectivity index (χ3v) is 5.20. The number of aliphatic hydroxyl groups excluding tert-OH is 2. The smallest absolute Gasteiger partial charge is 0.276 e. The van der Waals surface area contributed by atoms with E-state index in [9.17, 15) is 28.6 Å². The van der Waals surface area contributed by atoms with Crippen molar-refractivity contribution >= 4 is 11.8 Å². The van der Waals surface area contributed by atoms with E-state index in [0.717, 1.165) is 6.07 Å². The molecule has 0 bridgehead atoms. The van der Waals surface area contributed by atoms with E-state index in [4.69, 9.17) is 4.74 Å². The Bertz CT molecular complexity index is 948. The fraction of sp³-hybridized carbons (Fsp3) is 0.368. The monoisotopic (exact) mass is 407 g/mol. The molecule has 3 aliphatic rings. The number of hydrogen-bond donors (Lipinski definition) is 3. The molecule has 4 rings (SSSR count). The number of amides is 2. The summed E-state index contributed by atoms with van der Waals surface area (Å²) in [5.74, 6) is -3.44. The fourth-order valence-electron chi connectivity index (χ4n) is 3.69. The van der Waals surface area contributed by atoms with Crippen LogP contribution in [0.15, 0.2) is 41.4 Å². The maximum Gasteiger partial charge on any atom is 0.276 e. The zero-order valence-corrected chi connectivity index (χ0v) is 15.4. The van der Waals surface area contributed by atoms with Crippen molar-refractivity contribution in [1.29, 1.82) is 0 Å². The van der Waals surface area contributed by atoms with E-state index < -0.39 is 41.5 Å². The van der Waals surface area contributed by atoms with Crippen LogP contribution in [0.5, 0.6) is 0 Å². The molecule has 3 heterocycles. The number of fused-ring (bicyclic) bond motifs is 2. The van der Waals surface area contributed by atoms with Gasteiger partial charge in [-0.2, -0.15) is 0 Å². The predicted octanol–water partition coefficient (Wildman–Crippen LogP) is 0.498. The number of piperazine rings is 1. The average molecular weight is 407 g/mol. The van der Waals surface area contributed by atoms with Gasteiger partial charge in [0.05, 0.1) is 24.8 Å². The molecule has 10 heteroatoms.